The fraction of sp³-hybridized carbons (Fsp3) is 0.379. The van der Waals surface area contributed by atoms with Gasteiger partial charge in [-0.2, -0.15) is 0 Å². The molecule has 0 saturated heterocycles. The normalized spacial score (nSPS) is 19.6. The summed E-state index contributed by atoms with van der Waals surface area (Å²) in [6.07, 6.45) is 5.27. The number of ether oxygens (including phenoxy) is 2. The van der Waals surface area contributed by atoms with Crippen LogP contribution >= 0.6 is 0 Å². The quantitative estimate of drug-likeness (QED) is 0.549. The monoisotopic (exact) mass is 471 g/mol. The Hall–Kier alpha value is -3.38. The molecule has 2 aliphatic heterocycles. The average molecular weight is 472 g/mol. The standard InChI is InChI=1S/C29H33N3O3/c1-19-9-11-30-16-24(19)18-31-17-23-8-6-5-7-21(23)13-26(31)29(33)32-12-10-22-14-27(34-3)28(35-4)15-25(22)20(32)2/h5-9,11,14-16,20,26H,10,12-13,17-18H2,1-4H3/t20-,26+/m1/s1. The van der Waals surface area contributed by atoms with Gasteiger partial charge < -0.3 is 14.4 Å². The minimum atomic E-state index is -0.214. The van der Waals surface area contributed by atoms with Gasteiger partial charge in [-0.25, -0.2) is 0 Å². The molecule has 2 atom stereocenters. The Morgan fingerprint density at radius 2 is 1.80 bits per heavy atom. The van der Waals surface area contributed by atoms with Gasteiger partial charge in [0.2, 0.25) is 5.91 Å². The van der Waals surface area contributed by atoms with Crippen molar-refractivity contribution < 1.29 is 14.3 Å². The maximum Gasteiger partial charge on any atom is 0.240 e. The molecule has 35 heavy (non-hydrogen) atoms. The fourth-order valence-corrected chi connectivity index (χ4v) is 5.51. The Kier molecular flexibility index (Phi) is 6.48. The number of aryl methyl sites for hydroxylation is 1. The number of amides is 1. The number of carbonyl (C=O) groups is 1. The van der Waals surface area contributed by atoms with Crippen molar-refractivity contribution in [1.29, 1.82) is 0 Å². The average Bonchev–Trinajstić information content (AvgIpc) is 2.88. The van der Waals surface area contributed by atoms with Crippen molar-refractivity contribution in [2.75, 3.05) is 20.8 Å². The number of hydrogen-bond acceptors (Lipinski definition) is 5. The summed E-state index contributed by atoms with van der Waals surface area (Å²) in [7, 11) is 3.31. The molecule has 2 aromatic carbocycles. The van der Waals surface area contributed by atoms with E-state index in [0.717, 1.165) is 30.7 Å². The lowest BCUT2D eigenvalue weighted by Gasteiger charge is -2.42. The summed E-state index contributed by atoms with van der Waals surface area (Å²) < 4.78 is 11.1. The summed E-state index contributed by atoms with van der Waals surface area (Å²) in [4.78, 5) is 22.9. The van der Waals surface area contributed by atoms with Crippen LogP contribution in [0.5, 0.6) is 11.5 Å². The number of pyridine rings is 1. The molecule has 1 amide bonds. The predicted molar refractivity (Wildman–Crippen MR) is 136 cm³/mol. The SMILES string of the molecule is COc1cc2c(cc1OC)[C@@H](C)N(C(=O)[C@@H]1Cc3ccccc3CN1Cc1cnccc1C)CC2. The molecule has 182 valence electrons. The number of fused-ring (bicyclic) bond motifs is 2. The highest BCUT2D eigenvalue weighted by molar-refractivity contribution is 5.83. The van der Waals surface area contributed by atoms with Crippen molar-refractivity contribution in [1.82, 2.24) is 14.8 Å². The van der Waals surface area contributed by atoms with Crippen LogP contribution in [0, 0.1) is 6.92 Å². The zero-order valence-electron chi connectivity index (χ0n) is 21.0. The molecule has 2 aliphatic rings. The summed E-state index contributed by atoms with van der Waals surface area (Å²) in [5.74, 6) is 1.63. The first kappa shape index (κ1) is 23.4. The van der Waals surface area contributed by atoms with Gasteiger partial charge in [0, 0.05) is 32.0 Å². The molecule has 0 radical (unpaired) electrons. The largest absolute Gasteiger partial charge is 0.493 e. The minimum Gasteiger partial charge on any atom is -0.493 e. The lowest BCUT2D eigenvalue weighted by atomic mass is 9.89. The van der Waals surface area contributed by atoms with Crippen LogP contribution in [0.2, 0.25) is 0 Å². The Balaban J connectivity index is 1.46. The lowest BCUT2D eigenvalue weighted by molar-refractivity contribution is -0.140. The van der Waals surface area contributed by atoms with Crippen LogP contribution < -0.4 is 9.47 Å². The number of benzene rings is 2. The van der Waals surface area contributed by atoms with Crippen molar-refractivity contribution in [3.05, 3.63) is 88.2 Å². The first-order chi connectivity index (χ1) is 17.0. The third-order valence-electron chi connectivity index (χ3n) is 7.62. The molecule has 0 aliphatic carbocycles. The van der Waals surface area contributed by atoms with Gasteiger partial charge in [0.25, 0.3) is 0 Å². The van der Waals surface area contributed by atoms with E-state index in [0.29, 0.717) is 18.8 Å². The van der Waals surface area contributed by atoms with Crippen molar-refractivity contribution in [3.8, 4) is 11.5 Å². The number of aromatic nitrogens is 1. The number of rotatable bonds is 5. The van der Waals surface area contributed by atoms with Gasteiger partial charge in [-0.1, -0.05) is 24.3 Å². The summed E-state index contributed by atoms with van der Waals surface area (Å²) in [5.41, 5.74) is 7.28. The number of hydrogen-bond donors (Lipinski definition) is 0. The highest BCUT2D eigenvalue weighted by Crippen LogP contribution is 2.39. The molecule has 1 aromatic heterocycles. The van der Waals surface area contributed by atoms with Crippen molar-refractivity contribution in [3.63, 3.8) is 0 Å². The molecule has 0 fully saturated rings. The summed E-state index contributed by atoms with van der Waals surface area (Å²) >= 11 is 0. The summed E-state index contributed by atoms with van der Waals surface area (Å²) in [6, 6.07) is 14.4. The van der Waals surface area contributed by atoms with Gasteiger partial charge in [0.15, 0.2) is 11.5 Å². The number of methoxy groups -OCH3 is 2. The molecule has 0 spiro atoms. The van der Waals surface area contributed by atoms with E-state index in [4.69, 9.17) is 9.47 Å². The summed E-state index contributed by atoms with van der Waals surface area (Å²) in [5, 5.41) is 0. The van der Waals surface area contributed by atoms with Crippen LogP contribution in [0.3, 0.4) is 0 Å². The minimum absolute atomic E-state index is 0.0368. The second kappa shape index (κ2) is 9.70. The molecule has 0 N–H and O–H groups in total. The van der Waals surface area contributed by atoms with E-state index in [1.807, 2.05) is 24.5 Å². The zero-order chi connectivity index (χ0) is 24.5. The van der Waals surface area contributed by atoms with E-state index in [-0.39, 0.29) is 18.0 Å². The first-order valence-electron chi connectivity index (χ1n) is 12.3. The molecule has 6 heteroatoms. The van der Waals surface area contributed by atoms with Crippen molar-refractivity contribution in [2.45, 2.75) is 51.9 Å². The predicted octanol–water partition coefficient (Wildman–Crippen LogP) is 4.48. The molecule has 0 saturated carbocycles. The third-order valence-corrected chi connectivity index (χ3v) is 7.62. The Bertz CT molecular complexity index is 1240. The molecule has 3 heterocycles. The third kappa shape index (κ3) is 4.39. The second-order valence-electron chi connectivity index (χ2n) is 9.56. The maximum absolute atomic E-state index is 14.2. The molecule has 5 rings (SSSR count). The lowest BCUT2D eigenvalue weighted by Crippen LogP contribution is -2.53. The number of nitrogens with zero attached hydrogens (tertiary/aromatic N) is 3. The van der Waals surface area contributed by atoms with E-state index in [9.17, 15) is 4.79 Å². The Morgan fingerprint density at radius 1 is 1.06 bits per heavy atom. The van der Waals surface area contributed by atoms with Gasteiger partial charge in [0.05, 0.1) is 26.3 Å². The maximum atomic E-state index is 14.2. The molecular formula is C29H33N3O3. The second-order valence-corrected chi connectivity index (χ2v) is 9.56. The van der Waals surface area contributed by atoms with Gasteiger partial charge in [-0.15, -0.1) is 0 Å². The zero-order valence-corrected chi connectivity index (χ0v) is 21.0. The van der Waals surface area contributed by atoms with Crippen molar-refractivity contribution >= 4 is 5.91 Å². The van der Waals surface area contributed by atoms with Gasteiger partial charge >= 0.3 is 0 Å². The number of carbonyl (C=O) groups excluding carboxylic acids is 1. The van der Waals surface area contributed by atoms with Crippen LogP contribution in [0.4, 0.5) is 0 Å². The smallest absolute Gasteiger partial charge is 0.240 e. The van der Waals surface area contributed by atoms with E-state index in [2.05, 4.69) is 59.0 Å². The summed E-state index contributed by atoms with van der Waals surface area (Å²) in [6.45, 7) is 6.38. The topological polar surface area (TPSA) is 54.9 Å². The van der Waals surface area contributed by atoms with Crippen LogP contribution in [-0.2, 0) is 30.7 Å². The molecule has 0 unspecified atom stereocenters. The highest BCUT2D eigenvalue weighted by atomic mass is 16.5. The van der Waals surface area contributed by atoms with Gasteiger partial charge in [-0.05, 0) is 78.3 Å². The molecule has 6 nitrogen and oxygen atoms in total. The Morgan fingerprint density at radius 3 is 2.54 bits per heavy atom. The molecular weight excluding hydrogens is 438 g/mol. The molecule has 3 aromatic rings. The fourth-order valence-electron chi connectivity index (χ4n) is 5.51. The van der Waals surface area contributed by atoms with Gasteiger partial charge in [0.1, 0.15) is 0 Å². The van der Waals surface area contributed by atoms with E-state index in [1.165, 1.54) is 27.8 Å². The van der Waals surface area contributed by atoms with Crippen LogP contribution in [0.15, 0.2) is 54.9 Å². The van der Waals surface area contributed by atoms with Crippen LogP contribution in [0.25, 0.3) is 0 Å². The van der Waals surface area contributed by atoms with E-state index >= 15 is 0 Å². The highest BCUT2D eigenvalue weighted by Gasteiger charge is 2.38. The van der Waals surface area contributed by atoms with E-state index < -0.39 is 0 Å². The van der Waals surface area contributed by atoms with E-state index in [1.54, 1.807) is 14.2 Å². The van der Waals surface area contributed by atoms with Gasteiger partial charge in [-0.3, -0.25) is 14.7 Å². The molecule has 0 bridgehead atoms. The van der Waals surface area contributed by atoms with Crippen molar-refractivity contribution in [2.24, 2.45) is 0 Å². The Labute approximate surface area is 207 Å². The first-order valence-corrected chi connectivity index (χ1v) is 12.3. The van der Waals surface area contributed by atoms with Crippen LogP contribution in [-0.4, -0.2) is 47.5 Å². The van der Waals surface area contributed by atoms with Crippen LogP contribution in [0.1, 0.15) is 46.3 Å².